The molecule has 0 aliphatic rings. The summed E-state index contributed by atoms with van der Waals surface area (Å²) in [5.41, 5.74) is 1.04. The monoisotopic (exact) mass is 221 g/mol. The number of hydrogen-bond acceptors (Lipinski definition) is 5. The lowest BCUT2D eigenvalue weighted by molar-refractivity contribution is 0.419. The summed E-state index contributed by atoms with van der Waals surface area (Å²) in [7, 11) is 0. The van der Waals surface area contributed by atoms with Gasteiger partial charge in [-0.15, -0.1) is 10.2 Å². The highest BCUT2D eigenvalue weighted by molar-refractivity contribution is 7.98. The molecule has 1 aromatic carbocycles. The van der Waals surface area contributed by atoms with Crippen LogP contribution in [0, 0.1) is 0 Å². The largest absolute Gasteiger partial charge is 0.414 e. The fraction of sp³-hybridized carbons (Fsp3) is 0.200. The van der Waals surface area contributed by atoms with Gasteiger partial charge in [0.15, 0.2) is 0 Å². The van der Waals surface area contributed by atoms with Crippen molar-refractivity contribution in [3.63, 3.8) is 0 Å². The third kappa shape index (κ3) is 2.73. The maximum Gasteiger partial charge on any atom is 0.276 e. The summed E-state index contributed by atoms with van der Waals surface area (Å²) in [5.74, 6) is 0.600. The van der Waals surface area contributed by atoms with Crippen LogP contribution in [0.15, 0.2) is 40.0 Å². The summed E-state index contributed by atoms with van der Waals surface area (Å²) in [6.07, 6.45) is 1.90. The van der Waals surface area contributed by atoms with E-state index < -0.39 is 0 Å². The number of aromatic nitrogens is 2. The highest BCUT2D eigenvalue weighted by Gasteiger charge is 2.03. The van der Waals surface area contributed by atoms with E-state index >= 15 is 0 Å². The number of para-hydroxylation sites is 1. The number of rotatable bonds is 4. The predicted octanol–water partition coefficient (Wildman–Crippen LogP) is 2.40. The molecule has 0 aliphatic heterocycles. The van der Waals surface area contributed by atoms with Gasteiger partial charge in [-0.2, -0.15) is 0 Å². The fourth-order valence-electron chi connectivity index (χ4n) is 1.13. The van der Waals surface area contributed by atoms with Crippen molar-refractivity contribution >= 4 is 17.4 Å². The number of nitrogens with one attached hydrogen (secondary N) is 1. The van der Waals surface area contributed by atoms with Crippen molar-refractivity contribution in [2.24, 2.45) is 0 Å². The first kappa shape index (κ1) is 10.0. The van der Waals surface area contributed by atoms with E-state index in [2.05, 4.69) is 15.5 Å². The van der Waals surface area contributed by atoms with Gasteiger partial charge < -0.3 is 9.73 Å². The first-order chi connectivity index (χ1) is 7.38. The van der Waals surface area contributed by atoms with Crippen molar-refractivity contribution in [1.82, 2.24) is 10.2 Å². The highest BCUT2D eigenvalue weighted by Crippen LogP contribution is 2.13. The third-order valence-electron chi connectivity index (χ3n) is 1.84. The molecule has 4 nitrogen and oxygen atoms in total. The molecule has 0 fully saturated rings. The Morgan fingerprint density at radius 3 is 2.73 bits per heavy atom. The van der Waals surface area contributed by atoms with E-state index in [1.54, 1.807) is 0 Å². The quantitative estimate of drug-likeness (QED) is 0.803. The normalized spacial score (nSPS) is 10.2. The van der Waals surface area contributed by atoms with Gasteiger partial charge in [0.2, 0.25) is 5.89 Å². The Morgan fingerprint density at radius 2 is 2.07 bits per heavy atom. The minimum Gasteiger partial charge on any atom is -0.414 e. The first-order valence-corrected chi connectivity index (χ1v) is 5.76. The molecule has 0 radical (unpaired) electrons. The zero-order valence-electron chi connectivity index (χ0n) is 8.30. The molecule has 0 amide bonds. The summed E-state index contributed by atoms with van der Waals surface area (Å²) in [6, 6.07) is 9.91. The number of benzene rings is 1. The van der Waals surface area contributed by atoms with Crippen LogP contribution in [-0.2, 0) is 6.54 Å². The van der Waals surface area contributed by atoms with Crippen molar-refractivity contribution in [1.29, 1.82) is 0 Å². The van der Waals surface area contributed by atoms with Crippen molar-refractivity contribution < 1.29 is 4.42 Å². The van der Waals surface area contributed by atoms with Crippen molar-refractivity contribution in [3.05, 3.63) is 36.2 Å². The van der Waals surface area contributed by atoms with Gasteiger partial charge in [0.1, 0.15) is 0 Å². The van der Waals surface area contributed by atoms with E-state index in [0.29, 0.717) is 17.7 Å². The number of thioether (sulfide) groups is 1. The molecule has 2 rings (SSSR count). The molecule has 78 valence electrons. The van der Waals surface area contributed by atoms with Gasteiger partial charge in [0.25, 0.3) is 5.22 Å². The van der Waals surface area contributed by atoms with E-state index in [1.807, 2.05) is 36.6 Å². The Hall–Kier alpha value is -1.49. The van der Waals surface area contributed by atoms with Crippen molar-refractivity contribution in [3.8, 4) is 0 Å². The Bertz CT molecular complexity index is 416. The van der Waals surface area contributed by atoms with Gasteiger partial charge in [-0.1, -0.05) is 30.0 Å². The zero-order chi connectivity index (χ0) is 10.5. The minimum atomic E-state index is 0.553. The van der Waals surface area contributed by atoms with Crippen LogP contribution < -0.4 is 5.32 Å². The zero-order valence-corrected chi connectivity index (χ0v) is 9.12. The second-order valence-electron chi connectivity index (χ2n) is 2.89. The lowest BCUT2D eigenvalue weighted by atomic mass is 10.3. The first-order valence-electron chi connectivity index (χ1n) is 4.54. The van der Waals surface area contributed by atoms with Crippen LogP contribution in [-0.4, -0.2) is 16.5 Å². The lowest BCUT2D eigenvalue weighted by Gasteiger charge is -2.01. The summed E-state index contributed by atoms with van der Waals surface area (Å²) in [4.78, 5) is 0. The summed E-state index contributed by atoms with van der Waals surface area (Å²) < 4.78 is 5.33. The smallest absolute Gasteiger partial charge is 0.276 e. The number of nitrogens with zero attached hydrogens (tertiary/aromatic N) is 2. The summed E-state index contributed by atoms with van der Waals surface area (Å²) >= 11 is 1.44. The lowest BCUT2D eigenvalue weighted by Crippen LogP contribution is -1.99. The Balaban J connectivity index is 1.93. The van der Waals surface area contributed by atoms with Gasteiger partial charge in [-0.25, -0.2) is 0 Å². The van der Waals surface area contributed by atoms with Gasteiger partial charge in [0.05, 0.1) is 6.54 Å². The Kier molecular flexibility index (Phi) is 3.24. The van der Waals surface area contributed by atoms with Crippen molar-refractivity contribution in [2.75, 3.05) is 11.6 Å². The maximum atomic E-state index is 5.33. The van der Waals surface area contributed by atoms with Crippen LogP contribution in [0.2, 0.25) is 0 Å². The fourth-order valence-corrected chi connectivity index (χ4v) is 1.43. The summed E-state index contributed by atoms with van der Waals surface area (Å²) in [6.45, 7) is 0.553. The molecule has 15 heavy (non-hydrogen) atoms. The second-order valence-corrected chi connectivity index (χ2v) is 3.64. The van der Waals surface area contributed by atoms with E-state index in [1.165, 1.54) is 11.8 Å². The van der Waals surface area contributed by atoms with E-state index in [-0.39, 0.29) is 0 Å². The second kappa shape index (κ2) is 4.84. The van der Waals surface area contributed by atoms with E-state index in [0.717, 1.165) is 5.69 Å². The summed E-state index contributed by atoms with van der Waals surface area (Å²) in [5, 5.41) is 11.5. The van der Waals surface area contributed by atoms with Crippen molar-refractivity contribution in [2.45, 2.75) is 11.8 Å². The molecule has 0 saturated heterocycles. The van der Waals surface area contributed by atoms with Gasteiger partial charge in [0, 0.05) is 5.69 Å². The average Bonchev–Trinajstić information content (AvgIpc) is 2.76. The van der Waals surface area contributed by atoms with Crippen LogP contribution >= 0.6 is 11.8 Å². The molecule has 0 saturated carbocycles. The minimum absolute atomic E-state index is 0.553. The molecule has 0 bridgehead atoms. The highest BCUT2D eigenvalue weighted by atomic mass is 32.2. The number of hydrogen-bond donors (Lipinski definition) is 1. The van der Waals surface area contributed by atoms with E-state index in [4.69, 9.17) is 4.42 Å². The van der Waals surface area contributed by atoms with Gasteiger partial charge >= 0.3 is 0 Å². The molecular weight excluding hydrogens is 210 g/mol. The van der Waals surface area contributed by atoms with Gasteiger partial charge in [-0.05, 0) is 18.4 Å². The molecular formula is C10H11N3OS. The molecule has 5 heteroatoms. The van der Waals surface area contributed by atoms with E-state index in [9.17, 15) is 0 Å². The standard InChI is InChI=1S/C10H11N3OS/c1-15-10-13-12-9(14-10)7-11-8-5-3-2-4-6-8/h2-6,11H,7H2,1H3. The molecule has 2 aromatic rings. The maximum absolute atomic E-state index is 5.33. The molecule has 0 aliphatic carbocycles. The Labute approximate surface area is 92.1 Å². The topological polar surface area (TPSA) is 51.0 Å². The van der Waals surface area contributed by atoms with Gasteiger partial charge in [-0.3, -0.25) is 0 Å². The molecule has 1 N–H and O–H groups in total. The Morgan fingerprint density at radius 1 is 1.27 bits per heavy atom. The molecule has 0 atom stereocenters. The average molecular weight is 221 g/mol. The van der Waals surface area contributed by atoms with Crippen LogP contribution in [0.3, 0.4) is 0 Å². The predicted molar refractivity (Wildman–Crippen MR) is 59.8 cm³/mol. The third-order valence-corrected chi connectivity index (χ3v) is 2.35. The number of anilines is 1. The van der Waals surface area contributed by atoms with Crippen LogP contribution in [0.4, 0.5) is 5.69 Å². The SMILES string of the molecule is CSc1nnc(CNc2ccccc2)o1. The van der Waals surface area contributed by atoms with Crippen LogP contribution in [0.5, 0.6) is 0 Å². The molecule has 0 unspecified atom stereocenters. The van der Waals surface area contributed by atoms with Crippen LogP contribution in [0.1, 0.15) is 5.89 Å². The molecule has 1 heterocycles. The van der Waals surface area contributed by atoms with Crippen LogP contribution in [0.25, 0.3) is 0 Å². The molecule has 1 aromatic heterocycles. The molecule has 0 spiro atoms.